The Morgan fingerprint density at radius 3 is 2.83 bits per heavy atom. The first-order valence-electron chi connectivity index (χ1n) is 6.92. The molecule has 0 aliphatic carbocycles. The van der Waals surface area contributed by atoms with Gasteiger partial charge in [0.05, 0.1) is 6.54 Å². The van der Waals surface area contributed by atoms with Crippen molar-refractivity contribution in [1.82, 2.24) is 14.3 Å². The summed E-state index contributed by atoms with van der Waals surface area (Å²) in [4.78, 5) is 18.6. The number of fused-ring (bicyclic) bond motifs is 1. The summed E-state index contributed by atoms with van der Waals surface area (Å²) in [6.45, 7) is 1.43. The zero-order chi connectivity index (χ0) is 16.8. The van der Waals surface area contributed by atoms with Crippen LogP contribution in [0.3, 0.4) is 0 Å². The number of alkyl halides is 3. The molecule has 0 N–H and O–H groups in total. The molecule has 126 valence electrons. The maximum Gasteiger partial charge on any atom is 0.401 e. The number of imidazole rings is 1. The molecule has 0 amide bonds. The number of anilines is 1. The molecule has 1 unspecified atom stereocenters. The van der Waals surface area contributed by atoms with Crippen LogP contribution in [0.1, 0.15) is 6.92 Å². The maximum absolute atomic E-state index is 12.5. The van der Waals surface area contributed by atoms with Crippen molar-refractivity contribution in [1.29, 1.82) is 0 Å². The first-order valence-corrected chi connectivity index (χ1v) is 7.80. The summed E-state index contributed by atoms with van der Waals surface area (Å²) in [5, 5.41) is 13.0. The van der Waals surface area contributed by atoms with E-state index in [1.54, 1.807) is 23.4 Å². The van der Waals surface area contributed by atoms with Crippen LogP contribution in [0.15, 0.2) is 11.6 Å². The number of hydrogen-bond acceptors (Lipinski definition) is 6. The number of thiazole rings is 1. The molecule has 1 fully saturated rings. The first-order chi connectivity index (χ1) is 10.8. The summed E-state index contributed by atoms with van der Waals surface area (Å²) in [5.41, 5.74) is 0. The second-order valence-corrected chi connectivity index (χ2v) is 6.33. The average molecular weight is 349 g/mol. The average Bonchev–Trinajstić information content (AvgIpc) is 2.98. The van der Waals surface area contributed by atoms with Crippen LogP contribution in [0.2, 0.25) is 0 Å². The first kappa shape index (κ1) is 16.0. The lowest BCUT2D eigenvalue weighted by Gasteiger charge is -2.39. The van der Waals surface area contributed by atoms with Gasteiger partial charge in [-0.3, -0.25) is 4.90 Å². The quantitative estimate of drug-likeness (QED) is 0.629. The lowest BCUT2D eigenvalue weighted by molar-refractivity contribution is -0.389. The van der Waals surface area contributed by atoms with Gasteiger partial charge in [0, 0.05) is 31.1 Å². The van der Waals surface area contributed by atoms with E-state index in [1.807, 2.05) is 0 Å². The van der Waals surface area contributed by atoms with E-state index in [0.29, 0.717) is 4.96 Å². The number of nitro groups is 1. The van der Waals surface area contributed by atoms with Crippen molar-refractivity contribution in [3.05, 3.63) is 21.7 Å². The molecule has 2 aromatic rings. The van der Waals surface area contributed by atoms with Crippen molar-refractivity contribution in [3.8, 4) is 0 Å². The maximum atomic E-state index is 12.5. The Morgan fingerprint density at radius 1 is 1.48 bits per heavy atom. The Kier molecular flexibility index (Phi) is 3.92. The van der Waals surface area contributed by atoms with Crippen LogP contribution in [0.4, 0.5) is 24.8 Å². The Balaban J connectivity index is 1.83. The fourth-order valence-corrected chi connectivity index (χ4v) is 3.50. The van der Waals surface area contributed by atoms with E-state index in [4.69, 9.17) is 0 Å². The summed E-state index contributed by atoms with van der Waals surface area (Å²) in [6.07, 6.45) is -2.68. The fraction of sp³-hybridized carbons (Fsp3) is 0.583. The fourth-order valence-electron chi connectivity index (χ4n) is 2.80. The molecular weight excluding hydrogens is 335 g/mol. The van der Waals surface area contributed by atoms with E-state index < -0.39 is 17.6 Å². The standard InChI is InChI=1S/C12H14F3N5O2S/c1-8-6-17(2-3-18(8)7-12(13,14)15)9-10(20(21)22)19-4-5-23-11(19)16-9/h4-5,8H,2-3,6-7H2,1H3. The van der Waals surface area contributed by atoms with Gasteiger partial charge in [0.2, 0.25) is 5.82 Å². The van der Waals surface area contributed by atoms with Gasteiger partial charge in [-0.1, -0.05) is 11.3 Å². The number of aromatic nitrogens is 2. The Bertz CT molecular complexity index is 728. The minimum absolute atomic E-state index is 0.141. The zero-order valence-electron chi connectivity index (χ0n) is 12.2. The molecule has 0 saturated carbocycles. The Labute approximate surface area is 133 Å². The monoisotopic (exact) mass is 349 g/mol. The molecule has 1 atom stereocenters. The van der Waals surface area contributed by atoms with Crippen molar-refractivity contribution in [2.24, 2.45) is 0 Å². The predicted octanol–water partition coefficient (Wildman–Crippen LogP) is 2.38. The zero-order valence-corrected chi connectivity index (χ0v) is 13.0. The normalized spacial score (nSPS) is 20.3. The largest absolute Gasteiger partial charge is 0.401 e. The molecule has 1 aliphatic heterocycles. The minimum atomic E-state index is -4.25. The van der Waals surface area contributed by atoms with Crippen LogP contribution in [0, 0.1) is 10.1 Å². The molecule has 0 bridgehead atoms. The smallest absolute Gasteiger partial charge is 0.358 e. The van der Waals surface area contributed by atoms with Gasteiger partial charge in [0.1, 0.15) is 6.20 Å². The number of halogens is 3. The van der Waals surface area contributed by atoms with Crippen LogP contribution in [0.5, 0.6) is 0 Å². The van der Waals surface area contributed by atoms with Gasteiger partial charge in [0.15, 0.2) is 0 Å². The van der Waals surface area contributed by atoms with Crippen molar-refractivity contribution in [2.75, 3.05) is 31.1 Å². The highest BCUT2D eigenvalue weighted by Crippen LogP contribution is 2.32. The summed E-state index contributed by atoms with van der Waals surface area (Å²) in [6, 6.07) is -0.371. The van der Waals surface area contributed by atoms with Gasteiger partial charge < -0.3 is 15.0 Å². The molecule has 11 heteroatoms. The highest BCUT2D eigenvalue weighted by molar-refractivity contribution is 7.15. The topological polar surface area (TPSA) is 66.9 Å². The second-order valence-electron chi connectivity index (χ2n) is 5.45. The van der Waals surface area contributed by atoms with E-state index in [9.17, 15) is 23.3 Å². The highest BCUT2D eigenvalue weighted by atomic mass is 32.1. The minimum Gasteiger partial charge on any atom is -0.358 e. The molecule has 23 heavy (non-hydrogen) atoms. The van der Waals surface area contributed by atoms with Crippen molar-refractivity contribution in [3.63, 3.8) is 0 Å². The molecule has 1 saturated heterocycles. The third-order valence-corrected chi connectivity index (χ3v) is 4.60. The molecule has 0 spiro atoms. The van der Waals surface area contributed by atoms with E-state index in [1.165, 1.54) is 20.6 Å². The lowest BCUT2D eigenvalue weighted by Crippen LogP contribution is -2.54. The molecular formula is C12H14F3N5O2S. The molecule has 1 aliphatic rings. The summed E-state index contributed by atoms with van der Waals surface area (Å²) in [5.74, 6) is 0.0816. The summed E-state index contributed by atoms with van der Waals surface area (Å²) < 4.78 is 39.0. The van der Waals surface area contributed by atoms with E-state index in [2.05, 4.69) is 4.98 Å². The van der Waals surface area contributed by atoms with Crippen LogP contribution in [-0.2, 0) is 0 Å². The summed E-state index contributed by atoms with van der Waals surface area (Å²) in [7, 11) is 0. The van der Waals surface area contributed by atoms with Crippen LogP contribution >= 0.6 is 11.3 Å². The SMILES string of the molecule is CC1CN(c2nc3sccn3c2[N+](=O)[O-])CCN1CC(F)(F)F. The second kappa shape index (κ2) is 5.64. The number of piperazine rings is 1. The molecule has 3 rings (SSSR count). The number of hydrogen-bond donors (Lipinski definition) is 0. The third kappa shape index (κ3) is 3.11. The van der Waals surface area contributed by atoms with Gasteiger partial charge in [-0.2, -0.15) is 22.6 Å². The van der Waals surface area contributed by atoms with Crippen LogP contribution in [-0.4, -0.2) is 57.6 Å². The molecule has 2 aromatic heterocycles. The van der Waals surface area contributed by atoms with E-state index >= 15 is 0 Å². The predicted molar refractivity (Wildman–Crippen MR) is 79.0 cm³/mol. The van der Waals surface area contributed by atoms with Gasteiger partial charge >= 0.3 is 12.0 Å². The molecule has 7 nitrogen and oxygen atoms in total. The molecule has 0 aromatic carbocycles. The van der Waals surface area contributed by atoms with Crippen molar-refractivity contribution < 1.29 is 18.1 Å². The van der Waals surface area contributed by atoms with Crippen molar-refractivity contribution >= 4 is 27.9 Å². The third-order valence-electron chi connectivity index (χ3n) is 3.84. The van der Waals surface area contributed by atoms with Crippen molar-refractivity contribution in [2.45, 2.75) is 19.1 Å². The van der Waals surface area contributed by atoms with Crippen LogP contribution < -0.4 is 4.90 Å². The number of nitrogens with zero attached hydrogens (tertiary/aromatic N) is 5. The van der Waals surface area contributed by atoms with Crippen LogP contribution in [0.25, 0.3) is 4.96 Å². The number of rotatable bonds is 3. The van der Waals surface area contributed by atoms with Gasteiger partial charge in [-0.15, -0.1) is 0 Å². The Morgan fingerprint density at radius 2 is 2.22 bits per heavy atom. The lowest BCUT2D eigenvalue weighted by atomic mass is 10.2. The summed E-state index contributed by atoms with van der Waals surface area (Å²) >= 11 is 1.27. The Hall–Kier alpha value is -1.88. The molecule has 3 heterocycles. The van der Waals surface area contributed by atoms with Gasteiger partial charge in [-0.05, 0) is 11.8 Å². The highest BCUT2D eigenvalue weighted by Gasteiger charge is 2.37. The molecule has 0 radical (unpaired) electrons. The van der Waals surface area contributed by atoms with Gasteiger partial charge in [-0.25, -0.2) is 0 Å². The van der Waals surface area contributed by atoms with Gasteiger partial charge in [0.25, 0.3) is 4.96 Å². The van der Waals surface area contributed by atoms with E-state index in [-0.39, 0.29) is 37.3 Å². The van der Waals surface area contributed by atoms with E-state index in [0.717, 1.165) is 0 Å².